The molecule has 2 rings (SSSR count). The molecule has 94 valence electrons. The van der Waals surface area contributed by atoms with E-state index < -0.39 is 0 Å². The number of nitrogens with two attached hydrogens (primary N) is 1. The van der Waals surface area contributed by atoms with Crippen molar-refractivity contribution in [3.8, 4) is 0 Å². The number of ether oxygens (including phenoxy) is 2. The maximum atomic E-state index is 5.76. The minimum absolute atomic E-state index is 0.0823. The second-order valence-corrected chi connectivity index (χ2v) is 4.97. The van der Waals surface area contributed by atoms with Crippen LogP contribution in [0.1, 0.15) is 25.0 Å². The van der Waals surface area contributed by atoms with Gasteiger partial charge < -0.3 is 14.8 Å². The molecule has 3 nitrogen and oxygen atoms in total. The van der Waals surface area contributed by atoms with E-state index in [1.807, 2.05) is 12.1 Å². The van der Waals surface area contributed by atoms with Crippen LogP contribution >= 0.6 is 0 Å². The van der Waals surface area contributed by atoms with E-state index in [-0.39, 0.29) is 6.29 Å². The lowest BCUT2D eigenvalue weighted by atomic mass is 10.1. The molecule has 2 N–H and O–H groups in total. The summed E-state index contributed by atoms with van der Waals surface area (Å²) in [6.45, 7) is 7.78. The normalized spacial score (nSPS) is 16.9. The summed E-state index contributed by atoms with van der Waals surface area (Å²) in [5, 5.41) is 2.27. The van der Waals surface area contributed by atoms with E-state index in [0.717, 1.165) is 13.1 Å². The van der Waals surface area contributed by atoms with Crippen LogP contribution in [0.4, 0.5) is 0 Å². The number of hydrogen-bond donors (Lipinski definition) is 1. The molecule has 0 spiro atoms. The van der Waals surface area contributed by atoms with Crippen LogP contribution in [0.5, 0.6) is 0 Å². The van der Waals surface area contributed by atoms with Crippen LogP contribution in [0.3, 0.4) is 0 Å². The van der Waals surface area contributed by atoms with Gasteiger partial charge in [-0.15, -0.1) is 0 Å². The molecule has 1 aliphatic heterocycles. The number of quaternary nitrogens is 1. The van der Waals surface area contributed by atoms with Gasteiger partial charge >= 0.3 is 0 Å². The maximum Gasteiger partial charge on any atom is 0.208 e. The lowest BCUT2D eigenvalue weighted by Gasteiger charge is -2.14. The summed E-state index contributed by atoms with van der Waals surface area (Å²) in [7, 11) is 0. The van der Waals surface area contributed by atoms with Gasteiger partial charge in [-0.05, 0) is 11.1 Å². The van der Waals surface area contributed by atoms with Crippen LogP contribution in [0.2, 0.25) is 0 Å². The monoisotopic (exact) mass is 236 g/mol. The molecule has 1 aromatic carbocycles. The topological polar surface area (TPSA) is 35.1 Å². The summed E-state index contributed by atoms with van der Waals surface area (Å²) in [4.78, 5) is 0. The Balaban J connectivity index is 1.82. The Morgan fingerprint density at radius 1 is 1.18 bits per heavy atom. The molecule has 0 saturated carbocycles. The first-order valence-corrected chi connectivity index (χ1v) is 6.37. The van der Waals surface area contributed by atoms with E-state index in [1.165, 1.54) is 11.1 Å². The molecule has 0 aromatic heterocycles. The SMILES string of the molecule is CC(C)C[NH2+]CC1OCc2ccccc2CO1. The van der Waals surface area contributed by atoms with E-state index in [0.29, 0.717) is 19.1 Å². The van der Waals surface area contributed by atoms with Gasteiger partial charge in [-0.25, -0.2) is 0 Å². The molecule has 0 fully saturated rings. The summed E-state index contributed by atoms with van der Waals surface area (Å²) in [5.74, 6) is 0.706. The Bertz CT molecular complexity index is 325. The smallest absolute Gasteiger partial charge is 0.208 e. The Hall–Kier alpha value is -0.900. The van der Waals surface area contributed by atoms with Gasteiger partial charge in [-0.2, -0.15) is 0 Å². The second kappa shape index (κ2) is 6.15. The van der Waals surface area contributed by atoms with E-state index in [9.17, 15) is 0 Å². The Kier molecular flexibility index (Phi) is 4.54. The third kappa shape index (κ3) is 3.80. The summed E-state index contributed by atoms with van der Waals surface area (Å²) in [6.07, 6.45) is -0.0823. The standard InChI is InChI=1S/C14H21NO2/c1-11(2)7-15-8-14-16-9-12-5-3-4-6-13(12)10-17-14/h3-6,11,14-15H,7-10H2,1-2H3/p+1. The first-order valence-electron chi connectivity index (χ1n) is 6.37. The highest BCUT2D eigenvalue weighted by molar-refractivity contribution is 5.26. The molecule has 1 aliphatic rings. The molecular weight excluding hydrogens is 214 g/mol. The molecule has 3 heteroatoms. The van der Waals surface area contributed by atoms with Gasteiger partial charge in [0, 0.05) is 5.92 Å². The average Bonchev–Trinajstić information content (AvgIpc) is 2.52. The Morgan fingerprint density at radius 2 is 1.76 bits per heavy atom. The predicted molar refractivity (Wildman–Crippen MR) is 66.3 cm³/mol. The van der Waals surface area contributed by atoms with Gasteiger partial charge in [0.05, 0.1) is 19.8 Å². The van der Waals surface area contributed by atoms with Crippen molar-refractivity contribution < 1.29 is 14.8 Å². The third-order valence-corrected chi connectivity index (χ3v) is 2.97. The number of rotatable bonds is 4. The lowest BCUT2D eigenvalue weighted by molar-refractivity contribution is -0.672. The number of hydrogen-bond acceptors (Lipinski definition) is 2. The zero-order valence-corrected chi connectivity index (χ0v) is 10.7. The molecular formula is C14H22NO2+. The van der Waals surface area contributed by atoms with Crippen LogP contribution in [0.15, 0.2) is 24.3 Å². The first-order chi connectivity index (χ1) is 8.25. The molecule has 0 atom stereocenters. The molecule has 0 saturated heterocycles. The fraction of sp³-hybridized carbons (Fsp3) is 0.571. The van der Waals surface area contributed by atoms with Crippen molar-refractivity contribution in [2.24, 2.45) is 5.92 Å². The second-order valence-electron chi connectivity index (χ2n) is 4.97. The van der Waals surface area contributed by atoms with Crippen LogP contribution in [0, 0.1) is 5.92 Å². The molecule has 17 heavy (non-hydrogen) atoms. The van der Waals surface area contributed by atoms with Crippen LogP contribution in [0.25, 0.3) is 0 Å². The highest BCUT2D eigenvalue weighted by Crippen LogP contribution is 2.17. The van der Waals surface area contributed by atoms with E-state index >= 15 is 0 Å². The Labute approximate surface area is 103 Å². The summed E-state index contributed by atoms with van der Waals surface area (Å²) >= 11 is 0. The average molecular weight is 236 g/mol. The maximum absolute atomic E-state index is 5.76. The molecule has 1 heterocycles. The highest BCUT2D eigenvalue weighted by Gasteiger charge is 2.17. The third-order valence-electron chi connectivity index (χ3n) is 2.97. The van der Waals surface area contributed by atoms with Gasteiger partial charge in [-0.3, -0.25) is 0 Å². The minimum Gasteiger partial charge on any atom is -0.343 e. The largest absolute Gasteiger partial charge is 0.343 e. The van der Waals surface area contributed by atoms with E-state index in [2.05, 4.69) is 31.3 Å². The highest BCUT2D eigenvalue weighted by atomic mass is 16.7. The van der Waals surface area contributed by atoms with Crippen molar-refractivity contribution in [1.82, 2.24) is 0 Å². The zero-order valence-electron chi connectivity index (χ0n) is 10.7. The van der Waals surface area contributed by atoms with Crippen molar-refractivity contribution >= 4 is 0 Å². The van der Waals surface area contributed by atoms with Crippen molar-refractivity contribution in [3.05, 3.63) is 35.4 Å². The fourth-order valence-corrected chi connectivity index (χ4v) is 1.95. The summed E-state index contributed by atoms with van der Waals surface area (Å²) in [6, 6.07) is 8.32. The van der Waals surface area contributed by atoms with E-state index in [1.54, 1.807) is 0 Å². The molecule has 0 radical (unpaired) electrons. The molecule has 0 aliphatic carbocycles. The van der Waals surface area contributed by atoms with Crippen molar-refractivity contribution in [2.45, 2.75) is 33.4 Å². The Morgan fingerprint density at radius 3 is 2.29 bits per heavy atom. The van der Waals surface area contributed by atoms with E-state index in [4.69, 9.17) is 9.47 Å². The minimum atomic E-state index is -0.0823. The molecule has 0 amide bonds. The number of benzene rings is 1. The van der Waals surface area contributed by atoms with Crippen LogP contribution in [-0.2, 0) is 22.7 Å². The molecule has 0 unspecified atom stereocenters. The van der Waals surface area contributed by atoms with Crippen molar-refractivity contribution in [3.63, 3.8) is 0 Å². The van der Waals surface area contributed by atoms with Gasteiger partial charge in [0.15, 0.2) is 0 Å². The summed E-state index contributed by atoms with van der Waals surface area (Å²) < 4.78 is 11.5. The molecule has 1 aromatic rings. The first kappa shape index (κ1) is 12.6. The van der Waals surface area contributed by atoms with Crippen LogP contribution < -0.4 is 5.32 Å². The van der Waals surface area contributed by atoms with Crippen LogP contribution in [-0.4, -0.2) is 19.4 Å². The van der Waals surface area contributed by atoms with Gasteiger partial charge in [0.1, 0.15) is 6.54 Å². The number of fused-ring (bicyclic) bond motifs is 1. The van der Waals surface area contributed by atoms with Gasteiger partial charge in [-0.1, -0.05) is 38.1 Å². The predicted octanol–water partition coefficient (Wildman–Crippen LogP) is 1.28. The van der Waals surface area contributed by atoms with Crippen molar-refractivity contribution in [2.75, 3.05) is 13.1 Å². The quantitative estimate of drug-likeness (QED) is 0.854. The molecule has 0 bridgehead atoms. The van der Waals surface area contributed by atoms with Gasteiger partial charge in [0.25, 0.3) is 0 Å². The zero-order chi connectivity index (χ0) is 12.1. The lowest BCUT2D eigenvalue weighted by Crippen LogP contribution is -2.87. The fourth-order valence-electron chi connectivity index (χ4n) is 1.95. The summed E-state index contributed by atoms with van der Waals surface area (Å²) in [5.41, 5.74) is 2.50. The van der Waals surface area contributed by atoms with Crippen molar-refractivity contribution in [1.29, 1.82) is 0 Å². The van der Waals surface area contributed by atoms with Gasteiger partial charge in [0.2, 0.25) is 6.29 Å².